The number of aryl methyl sites for hydroxylation is 1. The minimum absolute atomic E-state index is 0.146. The maximum absolute atomic E-state index is 13.5. The zero-order chi connectivity index (χ0) is 24.5. The van der Waals surface area contributed by atoms with Crippen LogP contribution in [0.3, 0.4) is 0 Å². The average Bonchev–Trinajstić information content (AvgIpc) is 3.16. The van der Waals surface area contributed by atoms with Crippen LogP contribution < -0.4 is 5.56 Å². The molecule has 0 saturated heterocycles. The van der Waals surface area contributed by atoms with E-state index in [-0.39, 0.29) is 11.1 Å². The maximum Gasteiger partial charge on any atom is 0.335 e. The van der Waals surface area contributed by atoms with Gasteiger partial charge in [0, 0.05) is 11.3 Å². The normalized spacial score (nSPS) is 11.4. The molecule has 1 N–H and O–H groups in total. The quantitative estimate of drug-likeness (QED) is 0.394. The number of carboxylic acids is 1. The number of nitrogens with zero attached hydrogens (tertiary/aromatic N) is 4. The Hall–Kier alpha value is -4.78. The molecular weight excluding hydrogens is 440 g/mol. The van der Waals surface area contributed by atoms with E-state index in [2.05, 4.69) is 5.10 Å². The maximum atomic E-state index is 13.5. The number of aromatic carboxylic acids is 1. The van der Waals surface area contributed by atoms with Crippen LogP contribution in [0, 0.1) is 13.8 Å². The lowest BCUT2D eigenvalue weighted by Gasteiger charge is -2.12. The Kier molecular flexibility index (Phi) is 5.58. The number of para-hydroxylation sites is 2. The highest BCUT2D eigenvalue weighted by atomic mass is 16.4. The van der Waals surface area contributed by atoms with E-state index in [4.69, 9.17) is 4.98 Å². The molecule has 0 radical (unpaired) electrons. The van der Waals surface area contributed by atoms with Gasteiger partial charge in [-0.2, -0.15) is 5.10 Å². The van der Waals surface area contributed by atoms with Crippen molar-refractivity contribution in [3.05, 3.63) is 118 Å². The van der Waals surface area contributed by atoms with E-state index in [1.54, 1.807) is 36.4 Å². The first-order valence-electron chi connectivity index (χ1n) is 11.1. The largest absolute Gasteiger partial charge is 0.478 e. The topological polar surface area (TPSA) is 90.0 Å². The molecule has 35 heavy (non-hydrogen) atoms. The van der Waals surface area contributed by atoms with Gasteiger partial charge < -0.3 is 5.11 Å². The number of fused-ring (bicyclic) bond motifs is 1. The third-order valence-corrected chi connectivity index (χ3v) is 5.92. The molecule has 3 aromatic carbocycles. The number of rotatable bonds is 5. The second-order valence-corrected chi connectivity index (χ2v) is 8.14. The Balaban J connectivity index is 1.66. The molecule has 0 atom stereocenters. The molecule has 0 fully saturated rings. The van der Waals surface area contributed by atoms with Crippen LogP contribution in [0.4, 0.5) is 0 Å². The van der Waals surface area contributed by atoms with Crippen molar-refractivity contribution in [3.8, 4) is 11.4 Å². The molecular formula is C28H22N4O3. The highest BCUT2D eigenvalue weighted by Crippen LogP contribution is 2.21. The van der Waals surface area contributed by atoms with Gasteiger partial charge in [0.25, 0.3) is 5.56 Å². The zero-order valence-electron chi connectivity index (χ0n) is 19.2. The van der Waals surface area contributed by atoms with Crippen molar-refractivity contribution in [2.24, 2.45) is 0 Å². The van der Waals surface area contributed by atoms with Gasteiger partial charge in [0.15, 0.2) is 0 Å². The van der Waals surface area contributed by atoms with E-state index in [9.17, 15) is 14.7 Å². The molecule has 7 nitrogen and oxygen atoms in total. The summed E-state index contributed by atoms with van der Waals surface area (Å²) < 4.78 is 3.39. The van der Waals surface area contributed by atoms with Crippen molar-refractivity contribution < 1.29 is 9.90 Å². The summed E-state index contributed by atoms with van der Waals surface area (Å²) in [5.41, 5.74) is 4.75. The van der Waals surface area contributed by atoms with E-state index in [0.29, 0.717) is 22.4 Å². The lowest BCUT2D eigenvalue weighted by atomic mass is 10.1. The van der Waals surface area contributed by atoms with Crippen molar-refractivity contribution in [3.63, 3.8) is 0 Å². The minimum Gasteiger partial charge on any atom is -0.478 e. The second kappa shape index (κ2) is 8.87. The van der Waals surface area contributed by atoms with Gasteiger partial charge in [-0.25, -0.2) is 14.5 Å². The fourth-order valence-corrected chi connectivity index (χ4v) is 4.14. The number of carbonyl (C=O) groups is 1. The molecule has 0 bridgehead atoms. The standard InChI is InChI=1S/C28H22N4O3/c1-18-23(19(2)32(30-18)22-8-4-3-5-9-22)16-17-26-29-25-11-7-6-10-24(25)27(33)31(26)21-14-12-20(13-15-21)28(34)35/h3-17H,1-2H3,(H,34,35)/b17-16+. The summed E-state index contributed by atoms with van der Waals surface area (Å²) in [6, 6.07) is 23.2. The molecule has 0 amide bonds. The van der Waals surface area contributed by atoms with Gasteiger partial charge in [0.1, 0.15) is 5.82 Å². The summed E-state index contributed by atoms with van der Waals surface area (Å²) in [4.78, 5) is 29.5. The van der Waals surface area contributed by atoms with E-state index < -0.39 is 5.97 Å². The molecule has 0 saturated carbocycles. The summed E-state index contributed by atoms with van der Waals surface area (Å²) in [5.74, 6) is -0.593. The Morgan fingerprint density at radius 2 is 1.54 bits per heavy atom. The smallest absolute Gasteiger partial charge is 0.335 e. The Morgan fingerprint density at radius 3 is 2.26 bits per heavy atom. The van der Waals surface area contributed by atoms with Crippen LogP contribution in [0.5, 0.6) is 0 Å². The van der Waals surface area contributed by atoms with Crippen LogP contribution >= 0.6 is 0 Å². The molecule has 0 aliphatic carbocycles. The van der Waals surface area contributed by atoms with Crippen LogP contribution in [0.15, 0.2) is 83.7 Å². The van der Waals surface area contributed by atoms with Gasteiger partial charge in [0.2, 0.25) is 0 Å². The molecule has 0 aliphatic heterocycles. The van der Waals surface area contributed by atoms with Crippen molar-refractivity contribution >= 4 is 29.0 Å². The highest BCUT2D eigenvalue weighted by Gasteiger charge is 2.14. The van der Waals surface area contributed by atoms with Gasteiger partial charge in [0.05, 0.1) is 33.5 Å². The number of hydrogen-bond donors (Lipinski definition) is 1. The third kappa shape index (κ3) is 4.04. The number of carboxylic acid groups (broad SMARTS) is 1. The fourth-order valence-electron chi connectivity index (χ4n) is 4.14. The second-order valence-electron chi connectivity index (χ2n) is 8.14. The predicted molar refractivity (Wildman–Crippen MR) is 136 cm³/mol. The highest BCUT2D eigenvalue weighted by molar-refractivity contribution is 5.88. The van der Waals surface area contributed by atoms with Crippen molar-refractivity contribution in [1.29, 1.82) is 0 Å². The lowest BCUT2D eigenvalue weighted by Crippen LogP contribution is -2.22. The Bertz CT molecular complexity index is 1650. The first kappa shape index (κ1) is 22.0. The molecule has 0 aliphatic rings. The first-order chi connectivity index (χ1) is 16.9. The zero-order valence-corrected chi connectivity index (χ0v) is 19.2. The number of benzene rings is 3. The van der Waals surface area contributed by atoms with Crippen molar-refractivity contribution in [2.75, 3.05) is 0 Å². The number of hydrogen-bond acceptors (Lipinski definition) is 4. The van der Waals surface area contributed by atoms with E-state index in [1.165, 1.54) is 16.7 Å². The molecule has 5 aromatic rings. The monoisotopic (exact) mass is 462 g/mol. The third-order valence-electron chi connectivity index (χ3n) is 5.92. The molecule has 7 heteroatoms. The minimum atomic E-state index is -1.03. The van der Waals surface area contributed by atoms with Gasteiger partial charge in [-0.1, -0.05) is 30.3 Å². The summed E-state index contributed by atoms with van der Waals surface area (Å²) in [6.07, 6.45) is 3.71. The fraction of sp³-hybridized carbons (Fsp3) is 0.0714. The summed E-state index contributed by atoms with van der Waals surface area (Å²) in [5, 5.41) is 14.4. The Labute approximate surface area is 201 Å². The van der Waals surface area contributed by atoms with Gasteiger partial charge in [-0.05, 0) is 74.5 Å². The van der Waals surface area contributed by atoms with Crippen molar-refractivity contribution in [2.45, 2.75) is 13.8 Å². The van der Waals surface area contributed by atoms with Crippen LogP contribution in [0.25, 0.3) is 34.4 Å². The van der Waals surface area contributed by atoms with Gasteiger partial charge in [-0.3, -0.25) is 9.36 Å². The van der Waals surface area contributed by atoms with E-state index in [0.717, 1.165) is 22.6 Å². The van der Waals surface area contributed by atoms with E-state index in [1.807, 2.05) is 61.0 Å². The first-order valence-corrected chi connectivity index (χ1v) is 11.1. The number of aromatic nitrogens is 4. The molecule has 5 rings (SSSR count). The predicted octanol–water partition coefficient (Wildman–Crippen LogP) is 5.06. The lowest BCUT2D eigenvalue weighted by molar-refractivity contribution is 0.0697. The van der Waals surface area contributed by atoms with Gasteiger partial charge >= 0.3 is 5.97 Å². The summed E-state index contributed by atoms with van der Waals surface area (Å²) >= 11 is 0. The van der Waals surface area contributed by atoms with Crippen LogP contribution in [-0.2, 0) is 0 Å². The average molecular weight is 463 g/mol. The summed E-state index contributed by atoms with van der Waals surface area (Å²) in [7, 11) is 0. The molecule has 0 unspecified atom stereocenters. The van der Waals surface area contributed by atoms with Crippen LogP contribution in [-0.4, -0.2) is 30.4 Å². The molecule has 2 aromatic heterocycles. The van der Waals surface area contributed by atoms with Crippen molar-refractivity contribution in [1.82, 2.24) is 19.3 Å². The van der Waals surface area contributed by atoms with E-state index >= 15 is 0 Å². The SMILES string of the molecule is Cc1nn(-c2ccccc2)c(C)c1/C=C/c1nc2ccccc2c(=O)n1-c1ccc(C(=O)O)cc1. The summed E-state index contributed by atoms with van der Waals surface area (Å²) in [6.45, 7) is 3.94. The molecule has 2 heterocycles. The molecule has 0 spiro atoms. The molecule has 172 valence electrons. The van der Waals surface area contributed by atoms with Gasteiger partial charge in [-0.15, -0.1) is 0 Å². The Morgan fingerprint density at radius 1 is 0.857 bits per heavy atom. The van der Waals surface area contributed by atoms with Crippen LogP contribution in [0.1, 0.15) is 33.1 Å². The van der Waals surface area contributed by atoms with Crippen LogP contribution in [0.2, 0.25) is 0 Å².